The number of methoxy groups -OCH3 is 1. The van der Waals surface area contributed by atoms with Crippen LogP contribution in [0.15, 0.2) is 18.2 Å². The van der Waals surface area contributed by atoms with E-state index in [1.165, 1.54) is 0 Å². The van der Waals surface area contributed by atoms with E-state index in [1.54, 1.807) is 14.0 Å². The van der Waals surface area contributed by atoms with Gasteiger partial charge in [0, 0.05) is 5.39 Å². The van der Waals surface area contributed by atoms with Crippen molar-refractivity contribution in [3.05, 3.63) is 35.0 Å². The molecule has 0 radical (unpaired) electrons. The number of fused-ring (bicyclic) bond motifs is 1. The molecule has 0 atom stereocenters. The largest absolute Gasteiger partial charge is 0.494 e. The molecule has 4 nitrogen and oxygen atoms in total. The summed E-state index contributed by atoms with van der Waals surface area (Å²) in [5, 5.41) is 0.910. The molecule has 0 N–H and O–H groups in total. The van der Waals surface area contributed by atoms with Crippen LogP contribution in [0.5, 0.6) is 5.75 Å². The fourth-order valence-electron chi connectivity index (χ4n) is 2.24. The molecular weight excluding hydrogens is 242 g/mol. The minimum Gasteiger partial charge on any atom is -0.494 e. The second-order valence-electron chi connectivity index (χ2n) is 4.27. The number of hydrogen-bond donors (Lipinski definition) is 0. The van der Waals surface area contributed by atoms with Crippen LogP contribution in [-0.4, -0.2) is 24.7 Å². The molecule has 0 bridgehead atoms. The highest BCUT2D eigenvalue weighted by molar-refractivity contribution is 5.99. The summed E-state index contributed by atoms with van der Waals surface area (Å²) in [7, 11) is 1.61. The van der Waals surface area contributed by atoms with Gasteiger partial charge in [-0.25, -0.2) is 9.78 Å². The molecule has 19 heavy (non-hydrogen) atoms. The number of aryl methyl sites for hydroxylation is 2. The Labute approximate surface area is 112 Å². The van der Waals surface area contributed by atoms with Crippen LogP contribution in [-0.2, 0) is 4.74 Å². The molecule has 2 aromatic rings. The number of para-hydroxylation sites is 1. The van der Waals surface area contributed by atoms with Crippen molar-refractivity contribution in [3.63, 3.8) is 0 Å². The number of carbonyl (C=O) groups is 1. The Kier molecular flexibility index (Phi) is 3.69. The first-order valence-corrected chi connectivity index (χ1v) is 6.21. The molecule has 0 fully saturated rings. The predicted molar refractivity (Wildman–Crippen MR) is 73.7 cm³/mol. The molecule has 0 aliphatic heterocycles. The minimum atomic E-state index is -0.324. The third-order valence-electron chi connectivity index (χ3n) is 3.12. The Balaban J connectivity index is 2.73. The Morgan fingerprint density at radius 2 is 2.05 bits per heavy atom. The second-order valence-corrected chi connectivity index (χ2v) is 4.27. The number of hydrogen-bond acceptors (Lipinski definition) is 4. The standard InChI is InChI=1S/C15H17NO3/c1-5-19-15(17)13-9(2)11-7-6-8-12(18-4)14(11)16-10(13)3/h6-8H,5H2,1-4H3. The van der Waals surface area contributed by atoms with Crippen LogP contribution in [0, 0.1) is 13.8 Å². The maximum atomic E-state index is 12.0. The van der Waals surface area contributed by atoms with Gasteiger partial charge >= 0.3 is 5.97 Å². The van der Waals surface area contributed by atoms with Gasteiger partial charge in [0.05, 0.1) is 25.0 Å². The highest BCUT2D eigenvalue weighted by Gasteiger charge is 2.18. The van der Waals surface area contributed by atoms with E-state index in [2.05, 4.69) is 4.98 Å². The monoisotopic (exact) mass is 259 g/mol. The van der Waals surface area contributed by atoms with E-state index >= 15 is 0 Å². The fraction of sp³-hybridized carbons (Fsp3) is 0.333. The highest BCUT2D eigenvalue weighted by atomic mass is 16.5. The molecule has 4 heteroatoms. The number of ether oxygens (including phenoxy) is 2. The maximum Gasteiger partial charge on any atom is 0.340 e. The van der Waals surface area contributed by atoms with Crippen LogP contribution in [0.2, 0.25) is 0 Å². The van der Waals surface area contributed by atoms with Gasteiger partial charge in [-0.2, -0.15) is 0 Å². The Morgan fingerprint density at radius 1 is 1.32 bits per heavy atom. The first-order chi connectivity index (χ1) is 9.10. The van der Waals surface area contributed by atoms with Crippen LogP contribution in [0.3, 0.4) is 0 Å². The van der Waals surface area contributed by atoms with Crippen molar-refractivity contribution in [1.29, 1.82) is 0 Å². The summed E-state index contributed by atoms with van der Waals surface area (Å²) in [6, 6.07) is 5.68. The summed E-state index contributed by atoms with van der Waals surface area (Å²) in [6.07, 6.45) is 0. The lowest BCUT2D eigenvalue weighted by Gasteiger charge is -2.13. The van der Waals surface area contributed by atoms with E-state index in [0.717, 1.165) is 16.5 Å². The van der Waals surface area contributed by atoms with Gasteiger partial charge in [0.25, 0.3) is 0 Å². The Morgan fingerprint density at radius 3 is 2.68 bits per heavy atom. The van der Waals surface area contributed by atoms with Crippen LogP contribution in [0.4, 0.5) is 0 Å². The van der Waals surface area contributed by atoms with Crippen LogP contribution >= 0.6 is 0 Å². The SMILES string of the molecule is CCOC(=O)c1c(C)nc2c(OC)cccc2c1C. The van der Waals surface area contributed by atoms with Gasteiger partial charge in [-0.1, -0.05) is 12.1 Å². The van der Waals surface area contributed by atoms with E-state index in [0.29, 0.717) is 23.6 Å². The van der Waals surface area contributed by atoms with Gasteiger partial charge in [-0.15, -0.1) is 0 Å². The molecule has 1 aromatic heterocycles. The molecular formula is C15H17NO3. The first-order valence-electron chi connectivity index (χ1n) is 6.21. The topological polar surface area (TPSA) is 48.4 Å². The summed E-state index contributed by atoms with van der Waals surface area (Å²) in [5.41, 5.74) is 2.85. The highest BCUT2D eigenvalue weighted by Crippen LogP contribution is 2.29. The minimum absolute atomic E-state index is 0.324. The molecule has 0 aliphatic carbocycles. The summed E-state index contributed by atoms with van der Waals surface area (Å²) in [4.78, 5) is 16.5. The number of aromatic nitrogens is 1. The van der Waals surface area contributed by atoms with Crippen molar-refractivity contribution in [2.45, 2.75) is 20.8 Å². The predicted octanol–water partition coefficient (Wildman–Crippen LogP) is 3.04. The zero-order valence-corrected chi connectivity index (χ0v) is 11.6. The van der Waals surface area contributed by atoms with Crippen LogP contribution in [0.1, 0.15) is 28.5 Å². The number of pyridine rings is 1. The smallest absolute Gasteiger partial charge is 0.340 e. The third kappa shape index (κ3) is 2.26. The van der Waals surface area contributed by atoms with Crippen LogP contribution in [0.25, 0.3) is 10.9 Å². The molecule has 0 unspecified atom stereocenters. The van der Waals surface area contributed by atoms with Crippen molar-refractivity contribution in [2.75, 3.05) is 13.7 Å². The number of benzene rings is 1. The molecule has 0 saturated heterocycles. The molecule has 1 aromatic carbocycles. The van der Waals surface area contributed by atoms with Gasteiger partial charge in [-0.3, -0.25) is 0 Å². The lowest BCUT2D eigenvalue weighted by molar-refractivity contribution is 0.0524. The fourth-order valence-corrected chi connectivity index (χ4v) is 2.24. The zero-order chi connectivity index (χ0) is 14.0. The van der Waals surface area contributed by atoms with Gasteiger partial charge in [0.15, 0.2) is 0 Å². The van der Waals surface area contributed by atoms with E-state index in [9.17, 15) is 4.79 Å². The molecule has 2 rings (SSSR count). The molecule has 0 aliphatic rings. The molecule has 0 spiro atoms. The average molecular weight is 259 g/mol. The zero-order valence-electron chi connectivity index (χ0n) is 11.6. The first kappa shape index (κ1) is 13.3. The van der Waals surface area contributed by atoms with Gasteiger partial charge in [0.2, 0.25) is 0 Å². The Bertz CT molecular complexity index is 635. The van der Waals surface area contributed by atoms with E-state index in [1.807, 2.05) is 32.0 Å². The second kappa shape index (κ2) is 5.26. The molecule has 100 valence electrons. The van der Waals surface area contributed by atoms with Crippen molar-refractivity contribution >= 4 is 16.9 Å². The van der Waals surface area contributed by atoms with E-state index in [4.69, 9.17) is 9.47 Å². The lowest BCUT2D eigenvalue weighted by Crippen LogP contribution is -2.11. The van der Waals surface area contributed by atoms with Gasteiger partial charge < -0.3 is 9.47 Å². The number of rotatable bonds is 3. The number of carbonyl (C=O) groups excluding carboxylic acids is 1. The molecule has 0 amide bonds. The van der Waals surface area contributed by atoms with E-state index in [-0.39, 0.29) is 5.97 Å². The quantitative estimate of drug-likeness (QED) is 0.795. The average Bonchev–Trinajstić information content (AvgIpc) is 2.38. The lowest BCUT2D eigenvalue weighted by atomic mass is 10.0. The van der Waals surface area contributed by atoms with E-state index < -0.39 is 0 Å². The summed E-state index contributed by atoms with van der Waals surface area (Å²) >= 11 is 0. The molecule has 0 saturated carbocycles. The van der Waals surface area contributed by atoms with Crippen molar-refractivity contribution in [2.24, 2.45) is 0 Å². The van der Waals surface area contributed by atoms with Crippen molar-refractivity contribution in [1.82, 2.24) is 4.98 Å². The van der Waals surface area contributed by atoms with Crippen molar-refractivity contribution in [3.8, 4) is 5.75 Å². The van der Waals surface area contributed by atoms with Crippen molar-refractivity contribution < 1.29 is 14.3 Å². The number of esters is 1. The normalized spacial score (nSPS) is 10.5. The third-order valence-corrected chi connectivity index (χ3v) is 3.12. The molecule has 1 heterocycles. The van der Waals surface area contributed by atoms with Gasteiger partial charge in [-0.05, 0) is 32.4 Å². The Hall–Kier alpha value is -2.10. The summed E-state index contributed by atoms with van der Waals surface area (Å²) in [5.74, 6) is 0.383. The van der Waals surface area contributed by atoms with Gasteiger partial charge in [0.1, 0.15) is 11.3 Å². The van der Waals surface area contributed by atoms with Crippen LogP contribution < -0.4 is 4.74 Å². The summed E-state index contributed by atoms with van der Waals surface area (Å²) in [6.45, 7) is 5.86. The maximum absolute atomic E-state index is 12.0. The summed E-state index contributed by atoms with van der Waals surface area (Å²) < 4.78 is 10.4. The number of nitrogens with zero attached hydrogens (tertiary/aromatic N) is 1.